The van der Waals surface area contributed by atoms with Gasteiger partial charge in [0.2, 0.25) is 0 Å². The highest BCUT2D eigenvalue weighted by Crippen LogP contribution is 2.09. The molecule has 2 rings (SSSR count). The number of aromatic nitrogens is 3. The zero-order chi connectivity index (χ0) is 15.9. The Labute approximate surface area is 125 Å². The molecule has 1 heterocycles. The van der Waals surface area contributed by atoms with Gasteiger partial charge in [-0.25, -0.2) is 0 Å². The molecule has 0 aliphatic heterocycles. The Balaban J connectivity index is 2.00. The van der Waals surface area contributed by atoms with Gasteiger partial charge in [0.1, 0.15) is 18.9 Å². The molecule has 0 spiro atoms. The van der Waals surface area contributed by atoms with E-state index in [1.165, 1.54) is 12.7 Å². The summed E-state index contributed by atoms with van der Waals surface area (Å²) in [5, 5.41) is 18.5. The van der Waals surface area contributed by atoms with Gasteiger partial charge in [-0.1, -0.05) is 0 Å². The van der Waals surface area contributed by atoms with Crippen LogP contribution in [0, 0.1) is 0 Å². The lowest BCUT2D eigenvalue weighted by molar-refractivity contribution is -0.137. The molecule has 2 aromatic rings. The minimum Gasteiger partial charge on any atom is -0.481 e. The Bertz CT molecular complexity index is 652. The summed E-state index contributed by atoms with van der Waals surface area (Å²) in [6, 6.07) is 5.81. The van der Waals surface area contributed by atoms with E-state index in [0.29, 0.717) is 11.8 Å². The number of amides is 1. The lowest BCUT2D eigenvalue weighted by Crippen LogP contribution is -2.36. The summed E-state index contributed by atoms with van der Waals surface area (Å²) in [6.07, 6.45) is 3.47. The van der Waals surface area contributed by atoms with E-state index in [1.54, 1.807) is 28.8 Å². The number of nitrogens with zero attached hydrogens (tertiary/aromatic N) is 3. The molecule has 0 radical (unpaired) electrons. The van der Waals surface area contributed by atoms with Gasteiger partial charge < -0.3 is 15.2 Å². The monoisotopic (exact) mass is 302 g/mol. The Morgan fingerprint density at radius 3 is 2.41 bits per heavy atom. The number of hydrogen-bond donors (Lipinski definition) is 2. The van der Waals surface area contributed by atoms with Crippen LogP contribution in [0.1, 0.15) is 23.2 Å². The number of nitrogens with one attached hydrogen (secondary N) is 1. The first-order chi connectivity index (χ1) is 10.6. The Hall–Kier alpha value is -3.03. The molecule has 1 aromatic heterocycles. The highest BCUT2D eigenvalue weighted by Gasteiger charge is 2.14. The van der Waals surface area contributed by atoms with Crippen molar-refractivity contribution < 1.29 is 19.5 Å². The van der Waals surface area contributed by atoms with Crippen LogP contribution in [0.4, 0.5) is 0 Å². The van der Waals surface area contributed by atoms with E-state index in [1.807, 2.05) is 0 Å². The number of hydrogen-bond acceptors (Lipinski definition) is 5. The average molecular weight is 302 g/mol. The first-order valence-corrected chi connectivity index (χ1v) is 6.53. The SMILES string of the molecule is O=CC(CCC(=O)O)NC(=O)c1ccc(-n2cnnc2)cc1. The van der Waals surface area contributed by atoms with Crippen LogP contribution in [0.3, 0.4) is 0 Å². The highest BCUT2D eigenvalue weighted by molar-refractivity contribution is 5.95. The second-order valence-electron chi connectivity index (χ2n) is 4.56. The van der Waals surface area contributed by atoms with Crippen LogP contribution in [0.5, 0.6) is 0 Å². The van der Waals surface area contributed by atoms with Crippen molar-refractivity contribution in [3.05, 3.63) is 42.5 Å². The maximum absolute atomic E-state index is 12.0. The van der Waals surface area contributed by atoms with Crippen LogP contribution < -0.4 is 5.32 Å². The van der Waals surface area contributed by atoms with Crippen molar-refractivity contribution in [2.75, 3.05) is 0 Å². The Morgan fingerprint density at radius 1 is 1.23 bits per heavy atom. The third kappa shape index (κ3) is 3.98. The van der Waals surface area contributed by atoms with Gasteiger partial charge in [0.15, 0.2) is 0 Å². The maximum Gasteiger partial charge on any atom is 0.303 e. The van der Waals surface area contributed by atoms with Gasteiger partial charge in [0.25, 0.3) is 5.91 Å². The van der Waals surface area contributed by atoms with Gasteiger partial charge in [-0.05, 0) is 30.7 Å². The van der Waals surface area contributed by atoms with Crippen LogP contribution in [0.2, 0.25) is 0 Å². The number of carbonyl (C=O) groups excluding carboxylic acids is 2. The fourth-order valence-corrected chi connectivity index (χ4v) is 1.82. The van der Waals surface area contributed by atoms with E-state index < -0.39 is 17.9 Å². The smallest absolute Gasteiger partial charge is 0.303 e. The molecule has 8 nitrogen and oxygen atoms in total. The van der Waals surface area contributed by atoms with Crippen molar-refractivity contribution >= 4 is 18.2 Å². The lowest BCUT2D eigenvalue weighted by atomic mass is 10.1. The summed E-state index contributed by atoms with van der Waals surface area (Å²) in [5.74, 6) is -1.45. The summed E-state index contributed by atoms with van der Waals surface area (Å²) in [5.41, 5.74) is 1.17. The van der Waals surface area contributed by atoms with Crippen LogP contribution in [-0.4, -0.2) is 44.1 Å². The first kappa shape index (κ1) is 15.4. The highest BCUT2D eigenvalue weighted by atomic mass is 16.4. The molecular formula is C14H14N4O4. The normalized spacial score (nSPS) is 11.6. The molecule has 22 heavy (non-hydrogen) atoms. The van der Waals surface area contributed by atoms with Crippen molar-refractivity contribution in [3.8, 4) is 5.69 Å². The van der Waals surface area contributed by atoms with Crippen LogP contribution >= 0.6 is 0 Å². The molecule has 2 N–H and O–H groups in total. The number of benzene rings is 1. The van der Waals surface area contributed by atoms with Gasteiger partial charge in [0.05, 0.1) is 6.04 Å². The van der Waals surface area contributed by atoms with Gasteiger partial charge in [-0.3, -0.25) is 14.2 Å². The molecule has 8 heteroatoms. The predicted molar refractivity (Wildman–Crippen MR) is 75.5 cm³/mol. The summed E-state index contributed by atoms with van der Waals surface area (Å²) < 4.78 is 1.68. The number of carboxylic acids is 1. The standard InChI is InChI=1S/C14H14N4O4/c19-7-11(3-6-13(20)21)17-14(22)10-1-4-12(5-2-10)18-8-15-16-9-18/h1-2,4-5,7-9,11H,3,6H2,(H,17,22)(H,20,21). The van der Waals surface area contributed by atoms with E-state index >= 15 is 0 Å². The number of carboxylic acid groups (broad SMARTS) is 1. The first-order valence-electron chi connectivity index (χ1n) is 6.53. The van der Waals surface area contributed by atoms with E-state index in [-0.39, 0.29) is 12.8 Å². The molecular weight excluding hydrogens is 288 g/mol. The van der Waals surface area contributed by atoms with E-state index in [0.717, 1.165) is 5.69 Å². The second kappa shape index (κ2) is 7.11. The molecule has 0 fully saturated rings. The number of carbonyl (C=O) groups is 3. The maximum atomic E-state index is 12.0. The lowest BCUT2D eigenvalue weighted by Gasteiger charge is -2.12. The Kier molecular flexibility index (Phi) is 4.97. The molecule has 1 unspecified atom stereocenters. The quantitative estimate of drug-likeness (QED) is 0.717. The van der Waals surface area contributed by atoms with Crippen molar-refractivity contribution in [1.82, 2.24) is 20.1 Å². The van der Waals surface area contributed by atoms with Gasteiger partial charge >= 0.3 is 5.97 Å². The predicted octanol–water partition coefficient (Wildman–Crippen LogP) is 0.429. The third-order valence-corrected chi connectivity index (χ3v) is 3.00. The third-order valence-electron chi connectivity index (χ3n) is 3.00. The molecule has 0 saturated heterocycles. The summed E-state index contributed by atoms with van der Waals surface area (Å²) in [7, 11) is 0. The summed E-state index contributed by atoms with van der Waals surface area (Å²) in [4.78, 5) is 33.4. The van der Waals surface area contributed by atoms with Crippen molar-refractivity contribution in [2.45, 2.75) is 18.9 Å². The second-order valence-corrected chi connectivity index (χ2v) is 4.56. The summed E-state index contributed by atoms with van der Waals surface area (Å²) >= 11 is 0. The zero-order valence-electron chi connectivity index (χ0n) is 11.5. The molecule has 1 amide bonds. The van der Waals surface area contributed by atoms with Crippen LogP contribution in [0.25, 0.3) is 5.69 Å². The fourth-order valence-electron chi connectivity index (χ4n) is 1.82. The molecule has 0 saturated carbocycles. The molecule has 1 aromatic carbocycles. The van der Waals surface area contributed by atoms with E-state index in [2.05, 4.69) is 15.5 Å². The Morgan fingerprint density at radius 2 is 1.86 bits per heavy atom. The molecule has 0 aliphatic carbocycles. The fraction of sp³-hybridized carbons (Fsp3) is 0.214. The summed E-state index contributed by atoms with van der Waals surface area (Å²) in [6.45, 7) is 0. The van der Waals surface area contributed by atoms with Crippen LogP contribution in [0.15, 0.2) is 36.9 Å². The van der Waals surface area contributed by atoms with Crippen molar-refractivity contribution in [1.29, 1.82) is 0 Å². The molecule has 1 atom stereocenters. The number of rotatable bonds is 7. The number of aliphatic carboxylic acids is 1. The van der Waals surface area contributed by atoms with Crippen molar-refractivity contribution in [3.63, 3.8) is 0 Å². The molecule has 0 bridgehead atoms. The van der Waals surface area contributed by atoms with Gasteiger partial charge in [-0.2, -0.15) is 0 Å². The van der Waals surface area contributed by atoms with Gasteiger partial charge in [0, 0.05) is 17.7 Å². The topological polar surface area (TPSA) is 114 Å². The minimum absolute atomic E-state index is 0.0589. The average Bonchev–Trinajstić information content (AvgIpc) is 3.05. The molecule has 114 valence electrons. The number of aldehydes is 1. The van der Waals surface area contributed by atoms with E-state index in [4.69, 9.17) is 5.11 Å². The minimum atomic E-state index is -1.01. The largest absolute Gasteiger partial charge is 0.481 e. The van der Waals surface area contributed by atoms with Crippen LogP contribution in [-0.2, 0) is 9.59 Å². The van der Waals surface area contributed by atoms with E-state index in [9.17, 15) is 14.4 Å². The molecule has 0 aliphatic rings. The van der Waals surface area contributed by atoms with Gasteiger partial charge in [-0.15, -0.1) is 10.2 Å². The van der Waals surface area contributed by atoms with Crippen molar-refractivity contribution in [2.24, 2.45) is 0 Å². The zero-order valence-corrected chi connectivity index (χ0v) is 11.5.